The molecule has 1 amide bonds. The summed E-state index contributed by atoms with van der Waals surface area (Å²) in [6.45, 7) is 3.34. The Labute approximate surface area is 108 Å². The minimum atomic E-state index is -0.515. The minimum Gasteiger partial charge on any atom is -0.381 e. The maximum absolute atomic E-state index is 12.3. The summed E-state index contributed by atoms with van der Waals surface area (Å²) >= 11 is 0. The maximum atomic E-state index is 12.3. The summed E-state index contributed by atoms with van der Waals surface area (Å²) in [5, 5.41) is 2.92. The number of carbonyl (C=O) groups is 1. The molecule has 1 atom stereocenters. The molecule has 1 aliphatic heterocycles. The Morgan fingerprint density at radius 1 is 1.39 bits per heavy atom. The number of amides is 1. The van der Waals surface area contributed by atoms with Crippen molar-refractivity contribution in [3.8, 4) is 0 Å². The van der Waals surface area contributed by atoms with E-state index in [0.29, 0.717) is 32.6 Å². The van der Waals surface area contributed by atoms with Gasteiger partial charge in [0.05, 0.1) is 11.5 Å². The predicted molar refractivity (Wildman–Crippen MR) is 67.0 cm³/mol. The number of hydrogen-bond acceptors (Lipinski definition) is 5. The summed E-state index contributed by atoms with van der Waals surface area (Å²) < 4.78 is 15.5. The van der Waals surface area contributed by atoms with Crippen LogP contribution < -0.4 is 11.1 Å². The molecule has 0 saturated carbocycles. The Balaban J connectivity index is 2.61. The van der Waals surface area contributed by atoms with E-state index in [1.165, 1.54) is 0 Å². The molecular formula is C12H24N2O4. The van der Waals surface area contributed by atoms with E-state index in [9.17, 15) is 4.79 Å². The summed E-state index contributed by atoms with van der Waals surface area (Å²) in [6.07, 6.45) is 0.864. The first-order valence-electron chi connectivity index (χ1n) is 6.24. The molecule has 1 aliphatic rings. The molecule has 0 aromatic heterocycles. The van der Waals surface area contributed by atoms with Gasteiger partial charge >= 0.3 is 0 Å². The first-order valence-corrected chi connectivity index (χ1v) is 6.24. The zero-order valence-electron chi connectivity index (χ0n) is 11.4. The third-order valence-corrected chi connectivity index (χ3v) is 3.55. The molecule has 0 aliphatic carbocycles. The van der Waals surface area contributed by atoms with Gasteiger partial charge in [0.1, 0.15) is 0 Å². The van der Waals surface area contributed by atoms with Gasteiger partial charge in [-0.25, -0.2) is 0 Å². The lowest BCUT2D eigenvalue weighted by molar-refractivity contribution is -0.146. The predicted octanol–water partition coefficient (Wildman–Crippen LogP) is -0.134. The summed E-state index contributed by atoms with van der Waals surface area (Å²) in [7, 11) is 3.09. The first-order chi connectivity index (χ1) is 8.59. The number of rotatable bonds is 6. The normalized spacial score (nSPS) is 20.7. The molecule has 0 radical (unpaired) electrons. The van der Waals surface area contributed by atoms with Crippen LogP contribution in [0.15, 0.2) is 0 Å². The van der Waals surface area contributed by atoms with Gasteiger partial charge in [-0.1, -0.05) is 0 Å². The van der Waals surface area contributed by atoms with Crippen molar-refractivity contribution < 1.29 is 19.0 Å². The highest BCUT2D eigenvalue weighted by molar-refractivity contribution is 5.83. The van der Waals surface area contributed by atoms with Gasteiger partial charge in [-0.05, 0) is 19.8 Å². The van der Waals surface area contributed by atoms with E-state index in [1.54, 1.807) is 14.2 Å². The third kappa shape index (κ3) is 3.41. The van der Waals surface area contributed by atoms with Crippen molar-refractivity contribution in [1.82, 2.24) is 5.32 Å². The smallest absolute Gasteiger partial charge is 0.228 e. The van der Waals surface area contributed by atoms with Crippen LogP contribution in [0.3, 0.4) is 0 Å². The molecule has 3 N–H and O–H groups in total. The summed E-state index contributed by atoms with van der Waals surface area (Å²) in [5.41, 5.74) is 5.26. The molecule has 0 bridgehead atoms. The molecule has 0 aromatic carbocycles. The lowest BCUT2D eigenvalue weighted by Gasteiger charge is -2.36. The third-order valence-electron chi connectivity index (χ3n) is 3.55. The van der Waals surface area contributed by atoms with Crippen LogP contribution in [0.25, 0.3) is 0 Å². The molecule has 6 heteroatoms. The second-order valence-corrected chi connectivity index (χ2v) is 4.70. The van der Waals surface area contributed by atoms with Gasteiger partial charge in [-0.2, -0.15) is 0 Å². The average Bonchev–Trinajstić information content (AvgIpc) is 2.40. The number of hydrogen-bond donors (Lipinski definition) is 2. The molecular weight excluding hydrogens is 236 g/mol. The molecule has 1 rings (SSSR count). The number of ether oxygens (including phenoxy) is 3. The zero-order valence-corrected chi connectivity index (χ0v) is 11.4. The van der Waals surface area contributed by atoms with Crippen LogP contribution in [-0.4, -0.2) is 52.2 Å². The lowest BCUT2D eigenvalue weighted by Crippen LogP contribution is -2.53. The second kappa shape index (κ2) is 7.04. The Bertz CT molecular complexity index is 263. The highest BCUT2D eigenvalue weighted by Gasteiger charge is 2.39. The van der Waals surface area contributed by atoms with Gasteiger partial charge in [0.2, 0.25) is 5.91 Å². The lowest BCUT2D eigenvalue weighted by atomic mass is 9.79. The van der Waals surface area contributed by atoms with E-state index in [1.807, 2.05) is 6.92 Å². The Hall–Kier alpha value is -0.690. The van der Waals surface area contributed by atoms with Gasteiger partial charge in [-0.15, -0.1) is 0 Å². The van der Waals surface area contributed by atoms with E-state index >= 15 is 0 Å². The fourth-order valence-corrected chi connectivity index (χ4v) is 2.22. The second-order valence-electron chi connectivity index (χ2n) is 4.70. The van der Waals surface area contributed by atoms with E-state index < -0.39 is 11.7 Å². The van der Waals surface area contributed by atoms with Gasteiger partial charge in [0, 0.05) is 34.0 Å². The minimum absolute atomic E-state index is 0.0418. The van der Waals surface area contributed by atoms with E-state index in [4.69, 9.17) is 19.9 Å². The van der Waals surface area contributed by atoms with Crippen molar-refractivity contribution in [2.24, 2.45) is 11.1 Å². The zero-order chi connectivity index (χ0) is 13.6. The van der Waals surface area contributed by atoms with Crippen LogP contribution in [0, 0.1) is 5.41 Å². The van der Waals surface area contributed by atoms with Crippen molar-refractivity contribution >= 4 is 5.91 Å². The standard InChI is InChI=1S/C12H24N2O4/c1-9(10(16-2)17-3)14-11(15)12(8-13)4-6-18-7-5-12/h9-10H,4-8,13H2,1-3H3,(H,14,15). The van der Waals surface area contributed by atoms with E-state index in [-0.39, 0.29) is 11.9 Å². The Morgan fingerprint density at radius 3 is 2.39 bits per heavy atom. The number of methoxy groups -OCH3 is 2. The highest BCUT2D eigenvalue weighted by atomic mass is 16.7. The Kier molecular flexibility index (Phi) is 6.01. The largest absolute Gasteiger partial charge is 0.381 e. The van der Waals surface area contributed by atoms with Gasteiger partial charge in [0.15, 0.2) is 6.29 Å². The van der Waals surface area contributed by atoms with Crippen LogP contribution in [-0.2, 0) is 19.0 Å². The maximum Gasteiger partial charge on any atom is 0.228 e. The van der Waals surface area contributed by atoms with Crippen LogP contribution in [0.4, 0.5) is 0 Å². The molecule has 6 nitrogen and oxygen atoms in total. The molecule has 1 fully saturated rings. The topological polar surface area (TPSA) is 82.8 Å². The quantitative estimate of drug-likeness (QED) is 0.650. The molecule has 0 spiro atoms. The number of nitrogens with two attached hydrogens (primary N) is 1. The van der Waals surface area contributed by atoms with Crippen molar-refractivity contribution in [2.75, 3.05) is 34.0 Å². The SMILES string of the molecule is COC(OC)C(C)NC(=O)C1(CN)CCOCC1. The molecule has 0 aromatic rings. The highest BCUT2D eigenvalue weighted by Crippen LogP contribution is 2.29. The van der Waals surface area contributed by atoms with Crippen molar-refractivity contribution in [3.05, 3.63) is 0 Å². The summed E-state index contributed by atoms with van der Waals surface area (Å²) in [6, 6.07) is -0.223. The van der Waals surface area contributed by atoms with Gasteiger partial charge in [-0.3, -0.25) is 4.79 Å². The van der Waals surface area contributed by atoms with Crippen molar-refractivity contribution in [2.45, 2.75) is 32.1 Å². The fourth-order valence-electron chi connectivity index (χ4n) is 2.22. The van der Waals surface area contributed by atoms with E-state index in [2.05, 4.69) is 5.32 Å². The van der Waals surface area contributed by atoms with Crippen LogP contribution in [0.5, 0.6) is 0 Å². The molecule has 1 heterocycles. The monoisotopic (exact) mass is 260 g/mol. The molecule has 106 valence electrons. The molecule has 18 heavy (non-hydrogen) atoms. The number of nitrogens with one attached hydrogen (secondary N) is 1. The number of carbonyl (C=O) groups excluding carboxylic acids is 1. The van der Waals surface area contributed by atoms with Crippen molar-refractivity contribution in [1.29, 1.82) is 0 Å². The first kappa shape index (κ1) is 15.4. The average molecular weight is 260 g/mol. The van der Waals surface area contributed by atoms with Crippen LogP contribution in [0.2, 0.25) is 0 Å². The fraction of sp³-hybridized carbons (Fsp3) is 0.917. The van der Waals surface area contributed by atoms with Crippen LogP contribution in [0.1, 0.15) is 19.8 Å². The van der Waals surface area contributed by atoms with Gasteiger partial charge in [0.25, 0.3) is 0 Å². The summed E-state index contributed by atoms with van der Waals surface area (Å²) in [4.78, 5) is 12.3. The molecule has 1 saturated heterocycles. The summed E-state index contributed by atoms with van der Waals surface area (Å²) in [5.74, 6) is -0.0418. The van der Waals surface area contributed by atoms with Crippen molar-refractivity contribution in [3.63, 3.8) is 0 Å². The van der Waals surface area contributed by atoms with E-state index in [0.717, 1.165) is 0 Å². The van der Waals surface area contributed by atoms with Gasteiger partial charge < -0.3 is 25.3 Å². The Morgan fingerprint density at radius 2 is 1.94 bits per heavy atom. The molecule has 1 unspecified atom stereocenters. The van der Waals surface area contributed by atoms with Crippen LogP contribution >= 0.6 is 0 Å².